The zero-order chi connectivity index (χ0) is 17.7. The summed E-state index contributed by atoms with van der Waals surface area (Å²) in [6.07, 6.45) is 1.50. The lowest BCUT2D eigenvalue weighted by atomic mass is 10.3. The van der Waals surface area contributed by atoms with E-state index in [1.54, 1.807) is 47.8 Å². The summed E-state index contributed by atoms with van der Waals surface area (Å²) in [5.41, 5.74) is 0.601. The zero-order valence-electron chi connectivity index (χ0n) is 13.1. The van der Waals surface area contributed by atoms with Gasteiger partial charge in [-0.15, -0.1) is 11.3 Å². The molecule has 0 radical (unpaired) electrons. The van der Waals surface area contributed by atoms with E-state index in [2.05, 4.69) is 10.3 Å². The van der Waals surface area contributed by atoms with E-state index in [1.807, 2.05) is 6.07 Å². The number of sulfonamides is 1. The lowest BCUT2D eigenvalue weighted by molar-refractivity contribution is -0.114. The second-order valence-electron chi connectivity index (χ2n) is 5.05. The minimum Gasteiger partial charge on any atom is -0.325 e. The first-order valence-electron chi connectivity index (χ1n) is 7.39. The van der Waals surface area contributed by atoms with Gasteiger partial charge in [0.05, 0.1) is 4.90 Å². The maximum absolute atomic E-state index is 12.9. The van der Waals surface area contributed by atoms with E-state index in [-0.39, 0.29) is 16.6 Å². The van der Waals surface area contributed by atoms with Crippen molar-refractivity contribution < 1.29 is 13.2 Å². The van der Waals surface area contributed by atoms with Crippen LogP contribution in [0.4, 0.5) is 10.8 Å². The maximum Gasteiger partial charge on any atom is 0.266 e. The first kappa shape index (κ1) is 17.1. The molecule has 3 rings (SSSR count). The topological polar surface area (TPSA) is 79.4 Å². The second kappa shape index (κ2) is 7.45. The van der Waals surface area contributed by atoms with Crippen molar-refractivity contribution in [2.24, 2.45) is 0 Å². The van der Waals surface area contributed by atoms with Gasteiger partial charge < -0.3 is 5.32 Å². The van der Waals surface area contributed by atoms with E-state index in [1.165, 1.54) is 18.3 Å². The van der Waals surface area contributed by atoms with Gasteiger partial charge in [0.15, 0.2) is 5.13 Å². The molecule has 0 atom stereocenters. The summed E-state index contributed by atoms with van der Waals surface area (Å²) in [5.74, 6) is -0.444. The Bertz CT molecular complexity index is 928. The number of aromatic nitrogens is 1. The predicted molar refractivity (Wildman–Crippen MR) is 98.2 cm³/mol. The van der Waals surface area contributed by atoms with Gasteiger partial charge in [0.1, 0.15) is 6.54 Å². The molecule has 1 N–H and O–H groups in total. The van der Waals surface area contributed by atoms with Gasteiger partial charge >= 0.3 is 0 Å². The minimum absolute atomic E-state index is 0.109. The van der Waals surface area contributed by atoms with E-state index in [0.29, 0.717) is 5.69 Å². The third kappa shape index (κ3) is 4.04. The number of amides is 1. The van der Waals surface area contributed by atoms with Gasteiger partial charge in [-0.05, 0) is 24.3 Å². The number of hydrogen-bond donors (Lipinski definition) is 1. The molecule has 0 saturated heterocycles. The molecular weight excluding hydrogens is 358 g/mol. The van der Waals surface area contributed by atoms with Gasteiger partial charge in [-0.3, -0.25) is 4.79 Å². The van der Waals surface area contributed by atoms with Gasteiger partial charge in [-0.25, -0.2) is 17.7 Å². The van der Waals surface area contributed by atoms with Gasteiger partial charge in [0, 0.05) is 17.3 Å². The number of nitrogens with zero attached hydrogens (tertiary/aromatic N) is 2. The Balaban J connectivity index is 1.87. The minimum atomic E-state index is -3.89. The van der Waals surface area contributed by atoms with Crippen LogP contribution < -0.4 is 9.62 Å². The van der Waals surface area contributed by atoms with Crippen molar-refractivity contribution in [1.29, 1.82) is 0 Å². The third-order valence-electron chi connectivity index (χ3n) is 3.31. The van der Waals surface area contributed by atoms with E-state index in [9.17, 15) is 13.2 Å². The van der Waals surface area contributed by atoms with Crippen molar-refractivity contribution in [3.63, 3.8) is 0 Å². The molecule has 6 nitrogen and oxygen atoms in total. The highest BCUT2D eigenvalue weighted by Crippen LogP contribution is 2.25. The summed E-state index contributed by atoms with van der Waals surface area (Å²) in [6, 6.07) is 16.9. The van der Waals surface area contributed by atoms with Crippen LogP contribution in [0, 0.1) is 0 Å². The Morgan fingerprint density at radius 1 is 1.04 bits per heavy atom. The molecule has 0 aliphatic rings. The van der Waals surface area contributed by atoms with Crippen LogP contribution in [-0.4, -0.2) is 25.9 Å². The highest BCUT2D eigenvalue weighted by molar-refractivity contribution is 7.93. The molecule has 2 aromatic carbocycles. The number of carbonyl (C=O) groups excluding carboxylic acids is 1. The SMILES string of the molecule is O=C(CN(c1nccs1)S(=O)(=O)c1ccccc1)Nc1ccccc1. The molecule has 1 heterocycles. The molecule has 128 valence electrons. The molecule has 0 unspecified atom stereocenters. The van der Waals surface area contributed by atoms with Crippen LogP contribution in [-0.2, 0) is 14.8 Å². The number of benzene rings is 2. The standard InChI is InChI=1S/C17H15N3O3S2/c21-16(19-14-7-3-1-4-8-14)13-20(17-18-11-12-24-17)25(22,23)15-9-5-2-6-10-15/h1-12H,13H2,(H,19,21). The largest absolute Gasteiger partial charge is 0.325 e. The Morgan fingerprint density at radius 3 is 2.28 bits per heavy atom. The van der Waals surface area contributed by atoms with E-state index in [4.69, 9.17) is 0 Å². The molecular formula is C17H15N3O3S2. The first-order chi connectivity index (χ1) is 12.1. The molecule has 3 aromatic rings. The monoisotopic (exact) mass is 373 g/mol. The summed E-state index contributed by atoms with van der Waals surface area (Å²) >= 11 is 1.16. The van der Waals surface area contributed by atoms with Gasteiger partial charge in [0.25, 0.3) is 10.0 Å². The van der Waals surface area contributed by atoms with Crippen molar-refractivity contribution in [1.82, 2.24) is 4.98 Å². The van der Waals surface area contributed by atoms with Crippen LogP contribution in [0.5, 0.6) is 0 Å². The van der Waals surface area contributed by atoms with Crippen molar-refractivity contribution in [2.75, 3.05) is 16.2 Å². The molecule has 8 heteroatoms. The summed E-state index contributed by atoms with van der Waals surface area (Å²) < 4.78 is 26.9. The average Bonchev–Trinajstić information content (AvgIpc) is 3.15. The predicted octanol–water partition coefficient (Wildman–Crippen LogP) is 2.98. The fourth-order valence-electron chi connectivity index (χ4n) is 2.17. The lowest BCUT2D eigenvalue weighted by Gasteiger charge is -2.21. The Morgan fingerprint density at radius 2 is 1.68 bits per heavy atom. The number of carbonyl (C=O) groups is 1. The Hall–Kier alpha value is -2.71. The normalized spacial score (nSPS) is 11.0. The number of hydrogen-bond acceptors (Lipinski definition) is 5. The molecule has 0 saturated carbocycles. The second-order valence-corrected chi connectivity index (χ2v) is 7.79. The van der Waals surface area contributed by atoms with E-state index < -0.39 is 15.9 Å². The number of rotatable bonds is 6. The first-order valence-corrected chi connectivity index (χ1v) is 9.71. The molecule has 1 aromatic heterocycles. The van der Waals surface area contributed by atoms with Crippen LogP contribution in [0.2, 0.25) is 0 Å². The Kier molecular flexibility index (Phi) is 5.11. The van der Waals surface area contributed by atoms with Crippen LogP contribution >= 0.6 is 11.3 Å². The third-order valence-corrected chi connectivity index (χ3v) is 5.97. The van der Waals surface area contributed by atoms with E-state index >= 15 is 0 Å². The summed E-state index contributed by atoms with van der Waals surface area (Å²) in [7, 11) is -3.89. The highest BCUT2D eigenvalue weighted by atomic mass is 32.2. The van der Waals surface area contributed by atoms with Crippen molar-refractivity contribution in [2.45, 2.75) is 4.90 Å². The fraction of sp³-hybridized carbons (Fsp3) is 0.0588. The van der Waals surface area contributed by atoms with Crippen LogP contribution in [0.25, 0.3) is 0 Å². The quantitative estimate of drug-likeness (QED) is 0.720. The number of thiazole rings is 1. The highest BCUT2D eigenvalue weighted by Gasteiger charge is 2.28. The molecule has 1 amide bonds. The van der Waals surface area contributed by atoms with Crippen LogP contribution in [0.1, 0.15) is 0 Å². The molecule has 0 fully saturated rings. The number of anilines is 2. The summed E-state index contributed by atoms with van der Waals surface area (Å²) in [4.78, 5) is 16.5. The molecule has 0 aliphatic carbocycles. The zero-order valence-corrected chi connectivity index (χ0v) is 14.7. The van der Waals surface area contributed by atoms with Crippen molar-refractivity contribution in [3.05, 3.63) is 72.2 Å². The lowest BCUT2D eigenvalue weighted by Crippen LogP contribution is -2.38. The maximum atomic E-state index is 12.9. The fourth-order valence-corrected chi connectivity index (χ4v) is 4.43. The van der Waals surface area contributed by atoms with Gasteiger partial charge in [-0.1, -0.05) is 36.4 Å². The summed E-state index contributed by atoms with van der Waals surface area (Å²) in [6.45, 7) is -0.361. The van der Waals surface area contributed by atoms with Crippen LogP contribution in [0.15, 0.2) is 77.1 Å². The smallest absolute Gasteiger partial charge is 0.266 e. The van der Waals surface area contributed by atoms with E-state index in [0.717, 1.165) is 15.6 Å². The number of nitrogens with one attached hydrogen (secondary N) is 1. The van der Waals surface area contributed by atoms with Crippen LogP contribution in [0.3, 0.4) is 0 Å². The van der Waals surface area contributed by atoms with Gasteiger partial charge in [0.2, 0.25) is 5.91 Å². The molecule has 25 heavy (non-hydrogen) atoms. The Labute approximate surface area is 149 Å². The molecule has 0 bridgehead atoms. The average molecular weight is 373 g/mol. The van der Waals surface area contributed by atoms with Gasteiger partial charge in [-0.2, -0.15) is 0 Å². The number of para-hydroxylation sites is 1. The summed E-state index contributed by atoms with van der Waals surface area (Å²) in [5, 5.41) is 4.60. The molecule has 0 spiro atoms. The van der Waals surface area contributed by atoms with Crippen molar-refractivity contribution >= 4 is 38.1 Å². The van der Waals surface area contributed by atoms with Crippen molar-refractivity contribution in [3.8, 4) is 0 Å². The molecule has 0 aliphatic heterocycles.